The molecule has 0 aromatic heterocycles. The summed E-state index contributed by atoms with van der Waals surface area (Å²) in [5.41, 5.74) is 2.89. The number of benzene rings is 1. The number of hydrogen-bond donors (Lipinski definition) is 2. The van der Waals surface area contributed by atoms with Gasteiger partial charge in [-0.1, -0.05) is 12.1 Å². The first-order valence-corrected chi connectivity index (χ1v) is 6.40. The summed E-state index contributed by atoms with van der Waals surface area (Å²) < 4.78 is 5.41. The fourth-order valence-electron chi connectivity index (χ4n) is 1.41. The van der Waals surface area contributed by atoms with E-state index in [9.17, 15) is 9.59 Å². The standard InChI is InChI=1S/C14H19N3O3/c1-4-20-12-8-6-5-7-11(12)9-15-17-14(19)13(18)16-10(2)3/h5-10H,4H2,1-3H3,(H,16,18)(H,17,19)/b15-9-. The van der Waals surface area contributed by atoms with Crippen molar-refractivity contribution in [2.24, 2.45) is 5.10 Å². The summed E-state index contributed by atoms with van der Waals surface area (Å²) in [6, 6.07) is 7.18. The van der Waals surface area contributed by atoms with E-state index in [2.05, 4.69) is 15.8 Å². The van der Waals surface area contributed by atoms with E-state index in [-0.39, 0.29) is 6.04 Å². The van der Waals surface area contributed by atoms with Crippen LogP contribution in [-0.2, 0) is 9.59 Å². The van der Waals surface area contributed by atoms with E-state index in [4.69, 9.17) is 4.74 Å². The van der Waals surface area contributed by atoms with Crippen molar-refractivity contribution in [3.05, 3.63) is 29.8 Å². The Balaban J connectivity index is 2.61. The van der Waals surface area contributed by atoms with Crippen molar-refractivity contribution >= 4 is 18.0 Å². The van der Waals surface area contributed by atoms with Crippen molar-refractivity contribution in [3.63, 3.8) is 0 Å². The summed E-state index contributed by atoms with van der Waals surface area (Å²) >= 11 is 0. The van der Waals surface area contributed by atoms with Gasteiger partial charge in [-0.05, 0) is 32.9 Å². The zero-order chi connectivity index (χ0) is 15.0. The summed E-state index contributed by atoms with van der Waals surface area (Å²) in [7, 11) is 0. The Bertz CT molecular complexity index is 498. The Labute approximate surface area is 118 Å². The molecule has 1 aromatic carbocycles. The third-order valence-electron chi connectivity index (χ3n) is 2.21. The minimum atomic E-state index is -0.802. The van der Waals surface area contributed by atoms with Crippen molar-refractivity contribution in [2.45, 2.75) is 26.8 Å². The van der Waals surface area contributed by atoms with Gasteiger partial charge in [0.1, 0.15) is 5.75 Å². The molecule has 6 heteroatoms. The summed E-state index contributed by atoms with van der Waals surface area (Å²) in [5, 5.41) is 6.22. The van der Waals surface area contributed by atoms with Crippen LogP contribution in [-0.4, -0.2) is 30.7 Å². The smallest absolute Gasteiger partial charge is 0.329 e. The molecular formula is C14H19N3O3. The molecule has 6 nitrogen and oxygen atoms in total. The van der Waals surface area contributed by atoms with Crippen LogP contribution in [0.3, 0.4) is 0 Å². The fraction of sp³-hybridized carbons (Fsp3) is 0.357. The molecule has 0 aliphatic heterocycles. The number of rotatable bonds is 5. The van der Waals surface area contributed by atoms with E-state index in [1.165, 1.54) is 6.21 Å². The highest BCUT2D eigenvalue weighted by Gasteiger charge is 2.12. The Morgan fingerprint density at radius 2 is 2.00 bits per heavy atom. The molecule has 0 radical (unpaired) electrons. The molecule has 0 aliphatic carbocycles. The van der Waals surface area contributed by atoms with Crippen LogP contribution >= 0.6 is 0 Å². The van der Waals surface area contributed by atoms with Gasteiger partial charge in [0.15, 0.2) is 0 Å². The summed E-state index contributed by atoms with van der Waals surface area (Å²) in [6.45, 7) is 5.96. The monoisotopic (exact) mass is 277 g/mol. The molecular weight excluding hydrogens is 258 g/mol. The lowest BCUT2D eigenvalue weighted by atomic mass is 10.2. The summed E-state index contributed by atoms with van der Waals surface area (Å²) in [6.07, 6.45) is 1.44. The molecule has 0 saturated carbocycles. The largest absolute Gasteiger partial charge is 0.493 e. The molecule has 2 N–H and O–H groups in total. The van der Waals surface area contributed by atoms with Gasteiger partial charge in [-0.3, -0.25) is 9.59 Å². The van der Waals surface area contributed by atoms with Crippen LogP contribution in [0.15, 0.2) is 29.4 Å². The zero-order valence-corrected chi connectivity index (χ0v) is 11.8. The van der Waals surface area contributed by atoms with Crippen LogP contribution in [0.5, 0.6) is 5.75 Å². The molecule has 20 heavy (non-hydrogen) atoms. The number of hydrazone groups is 1. The van der Waals surface area contributed by atoms with Crippen LogP contribution in [0.25, 0.3) is 0 Å². The van der Waals surface area contributed by atoms with Gasteiger partial charge < -0.3 is 10.1 Å². The van der Waals surface area contributed by atoms with Gasteiger partial charge in [0.25, 0.3) is 0 Å². The van der Waals surface area contributed by atoms with E-state index in [1.807, 2.05) is 19.1 Å². The van der Waals surface area contributed by atoms with E-state index < -0.39 is 11.8 Å². The lowest BCUT2D eigenvalue weighted by Gasteiger charge is -2.07. The SMILES string of the molecule is CCOc1ccccc1/C=N\NC(=O)C(=O)NC(C)C. The highest BCUT2D eigenvalue weighted by atomic mass is 16.5. The van der Waals surface area contributed by atoms with Gasteiger partial charge in [0.2, 0.25) is 0 Å². The maximum atomic E-state index is 11.4. The third kappa shape index (κ3) is 5.09. The summed E-state index contributed by atoms with van der Waals surface area (Å²) in [4.78, 5) is 22.8. The summed E-state index contributed by atoms with van der Waals surface area (Å²) in [5.74, 6) is -0.848. The average Bonchev–Trinajstić information content (AvgIpc) is 2.40. The van der Waals surface area contributed by atoms with Gasteiger partial charge in [0, 0.05) is 11.6 Å². The first-order chi connectivity index (χ1) is 9.54. The first kappa shape index (κ1) is 15.7. The molecule has 0 unspecified atom stereocenters. The molecule has 108 valence electrons. The molecule has 0 aliphatic rings. The number of nitrogens with zero attached hydrogens (tertiary/aromatic N) is 1. The minimum Gasteiger partial charge on any atom is -0.493 e. The number of ether oxygens (including phenoxy) is 1. The Morgan fingerprint density at radius 1 is 1.30 bits per heavy atom. The highest BCUT2D eigenvalue weighted by Crippen LogP contribution is 2.15. The van der Waals surface area contributed by atoms with Crippen LogP contribution in [0.1, 0.15) is 26.3 Å². The lowest BCUT2D eigenvalue weighted by molar-refractivity contribution is -0.139. The minimum absolute atomic E-state index is 0.101. The number of amides is 2. The Kier molecular flexibility index (Phi) is 6.22. The van der Waals surface area contributed by atoms with Gasteiger partial charge in [-0.15, -0.1) is 0 Å². The highest BCUT2D eigenvalue weighted by molar-refractivity contribution is 6.35. The van der Waals surface area contributed by atoms with Gasteiger partial charge in [0.05, 0.1) is 12.8 Å². The molecule has 0 heterocycles. The number of carbonyl (C=O) groups is 2. The van der Waals surface area contributed by atoms with E-state index in [0.717, 1.165) is 5.56 Å². The van der Waals surface area contributed by atoms with E-state index in [0.29, 0.717) is 12.4 Å². The number of carbonyl (C=O) groups excluding carboxylic acids is 2. The Morgan fingerprint density at radius 3 is 2.65 bits per heavy atom. The molecule has 0 spiro atoms. The molecule has 0 saturated heterocycles. The van der Waals surface area contributed by atoms with Crippen LogP contribution in [0.4, 0.5) is 0 Å². The maximum Gasteiger partial charge on any atom is 0.329 e. The van der Waals surface area contributed by atoms with Gasteiger partial charge >= 0.3 is 11.8 Å². The molecule has 0 fully saturated rings. The third-order valence-corrected chi connectivity index (χ3v) is 2.21. The topological polar surface area (TPSA) is 79.8 Å². The lowest BCUT2D eigenvalue weighted by Crippen LogP contribution is -2.41. The maximum absolute atomic E-state index is 11.4. The molecule has 1 rings (SSSR count). The second-order valence-corrected chi connectivity index (χ2v) is 4.30. The van der Waals surface area contributed by atoms with Crippen molar-refractivity contribution in [1.82, 2.24) is 10.7 Å². The number of para-hydroxylation sites is 1. The predicted octanol–water partition coefficient (Wildman–Crippen LogP) is 1.06. The van der Waals surface area contributed by atoms with Crippen LogP contribution in [0.2, 0.25) is 0 Å². The second kappa shape index (κ2) is 7.93. The van der Waals surface area contributed by atoms with Crippen molar-refractivity contribution in [3.8, 4) is 5.75 Å². The molecule has 2 amide bonds. The number of hydrogen-bond acceptors (Lipinski definition) is 4. The molecule has 0 bridgehead atoms. The van der Waals surface area contributed by atoms with E-state index >= 15 is 0 Å². The van der Waals surface area contributed by atoms with E-state index in [1.54, 1.807) is 26.0 Å². The average molecular weight is 277 g/mol. The Hall–Kier alpha value is -2.37. The fourth-order valence-corrected chi connectivity index (χ4v) is 1.41. The number of nitrogens with one attached hydrogen (secondary N) is 2. The van der Waals surface area contributed by atoms with Crippen LogP contribution in [0, 0.1) is 0 Å². The first-order valence-electron chi connectivity index (χ1n) is 6.40. The van der Waals surface area contributed by atoms with Crippen molar-refractivity contribution in [2.75, 3.05) is 6.61 Å². The van der Waals surface area contributed by atoms with Crippen LogP contribution < -0.4 is 15.5 Å². The van der Waals surface area contributed by atoms with Gasteiger partial charge in [-0.2, -0.15) is 5.10 Å². The molecule has 1 aromatic rings. The normalized spacial score (nSPS) is 10.6. The van der Waals surface area contributed by atoms with Crippen molar-refractivity contribution in [1.29, 1.82) is 0 Å². The zero-order valence-electron chi connectivity index (χ0n) is 11.8. The molecule has 0 atom stereocenters. The van der Waals surface area contributed by atoms with Crippen molar-refractivity contribution < 1.29 is 14.3 Å². The predicted molar refractivity (Wildman–Crippen MR) is 76.6 cm³/mol. The second-order valence-electron chi connectivity index (χ2n) is 4.30. The quantitative estimate of drug-likeness (QED) is 0.480. The van der Waals surface area contributed by atoms with Gasteiger partial charge in [-0.25, -0.2) is 5.43 Å².